The van der Waals surface area contributed by atoms with Crippen molar-refractivity contribution in [2.45, 2.75) is 32.6 Å². The van der Waals surface area contributed by atoms with E-state index in [2.05, 4.69) is 6.92 Å². The van der Waals surface area contributed by atoms with E-state index in [1.54, 1.807) is 0 Å². The Morgan fingerprint density at radius 2 is 2.07 bits per heavy atom. The number of nitrogens with zero attached hydrogens (tertiary/aromatic N) is 1. The molecule has 0 aromatic carbocycles. The van der Waals surface area contributed by atoms with Gasteiger partial charge in [0.25, 0.3) is 0 Å². The molecule has 1 heterocycles. The van der Waals surface area contributed by atoms with Crippen molar-refractivity contribution >= 4 is 11.7 Å². The summed E-state index contributed by atoms with van der Waals surface area (Å²) in [6, 6.07) is 0. The van der Waals surface area contributed by atoms with E-state index >= 15 is 0 Å². The van der Waals surface area contributed by atoms with E-state index in [1.807, 2.05) is 4.90 Å². The largest absolute Gasteiger partial charge is 0.342 e. The van der Waals surface area contributed by atoms with Gasteiger partial charge in [0, 0.05) is 19.5 Å². The standard InChI is InChI=1S/C11H17NO2/c1-8-4-9(5-8)7-12-3-2-10(13)6-11(12)14/h8-9H,2-7H2,1H3. The molecule has 1 saturated heterocycles. The van der Waals surface area contributed by atoms with Crippen LogP contribution in [0.5, 0.6) is 0 Å². The molecular weight excluding hydrogens is 178 g/mol. The zero-order valence-corrected chi connectivity index (χ0v) is 8.66. The summed E-state index contributed by atoms with van der Waals surface area (Å²) in [5.41, 5.74) is 0. The number of hydrogen-bond donors (Lipinski definition) is 0. The molecule has 3 nitrogen and oxygen atoms in total. The molecule has 0 bridgehead atoms. The van der Waals surface area contributed by atoms with Gasteiger partial charge < -0.3 is 4.90 Å². The predicted molar refractivity (Wildman–Crippen MR) is 52.7 cm³/mol. The first-order valence-corrected chi connectivity index (χ1v) is 5.44. The third kappa shape index (κ3) is 1.97. The summed E-state index contributed by atoms with van der Waals surface area (Å²) < 4.78 is 0. The van der Waals surface area contributed by atoms with Crippen LogP contribution in [0.15, 0.2) is 0 Å². The van der Waals surface area contributed by atoms with Gasteiger partial charge in [-0.2, -0.15) is 0 Å². The highest BCUT2D eigenvalue weighted by molar-refractivity contribution is 6.00. The van der Waals surface area contributed by atoms with Crippen LogP contribution in [0.3, 0.4) is 0 Å². The van der Waals surface area contributed by atoms with E-state index in [9.17, 15) is 9.59 Å². The van der Waals surface area contributed by atoms with Gasteiger partial charge in [-0.05, 0) is 24.7 Å². The van der Waals surface area contributed by atoms with Gasteiger partial charge in [0.1, 0.15) is 5.78 Å². The molecule has 2 aliphatic rings. The monoisotopic (exact) mass is 195 g/mol. The Kier molecular flexibility index (Phi) is 2.57. The third-order valence-electron chi connectivity index (χ3n) is 3.31. The van der Waals surface area contributed by atoms with Crippen LogP contribution >= 0.6 is 0 Å². The molecule has 0 aromatic heterocycles. The van der Waals surface area contributed by atoms with Crippen LogP contribution in [0.4, 0.5) is 0 Å². The fraction of sp³-hybridized carbons (Fsp3) is 0.818. The third-order valence-corrected chi connectivity index (χ3v) is 3.31. The average molecular weight is 195 g/mol. The summed E-state index contributed by atoms with van der Waals surface area (Å²) in [6.45, 7) is 3.79. The molecule has 1 aliphatic heterocycles. The van der Waals surface area contributed by atoms with Crippen molar-refractivity contribution in [3.05, 3.63) is 0 Å². The Hall–Kier alpha value is -0.860. The number of carbonyl (C=O) groups excluding carboxylic acids is 2. The minimum absolute atomic E-state index is 0.0424. The fourth-order valence-corrected chi connectivity index (χ4v) is 2.48. The van der Waals surface area contributed by atoms with Crippen molar-refractivity contribution in [3.63, 3.8) is 0 Å². The Morgan fingerprint density at radius 3 is 2.64 bits per heavy atom. The first kappa shape index (κ1) is 9.69. The van der Waals surface area contributed by atoms with E-state index in [0.717, 1.165) is 12.5 Å². The Morgan fingerprint density at radius 1 is 1.36 bits per heavy atom. The van der Waals surface area contributed by atoms with Gasteiger partial charge >= 0.3 is 0 Å². The normalized spacial score (nSPS) is 33.1. The molecular formula is C11H17NO2. The molecule has 1 amide bonds. The maximum atomic E-state index is 11.5. The summed E-state index contributed by atoms with van der Waals surface area (Å²) in [5.74, 6) is 1.68. The van der Waals surface area contributed by atoms with Gasteiger partial charge in [-0.25, -0.2) is 0 Å². The number of hydrogen-bond acceptors (Lipinski definition) is 2. The van der Waals surface area contributed by atoms with Gasteiger partial charge in [-0.1, -0.05) is 6.92 Å². The lowest BCUT2D eigenvalue weighted by atomic mass is 9.76. The highest BCUT2D eigenvalue weighted by Crippen LogP contribution is 2.33. The highest BCUT2D eigenvalue weighted by Gasteiger charge is 2.31. The van der Waals surface area contributed by atoms with Crippen molar-refractivity contribution in [3.8, 4) is 0 Å². The lowest BCUT2D eigenvalue weighted by molar-refractivity contribution is -0.140. The lowest BCUT2D eigenvalue weighted by Gasteiger charge is -2.37. The Balaban J connectivity index is 1.80. The molecule has 0 aromatic rings. The number of amides is 1. The second kappa shape index (κ2) is 3.71. The molecule has 0 spiro atoms. The highest BCUT2D eigenvalue weighted by atomic mass is 16.2. The fourth-order valence-electron chi connectivity index (χ4n) is 2.48. The average Bonchev–Trinajstić information content (AvgIpc) is 2.06. The van der Waals surface area contributed by atoms with Gasteiger partial charge in [-0.3, -0.25) is 9.59 Å². The second-order valence-electron chi connectivity index (χ2n) is 4.75. The maximum Gasteiger partial charge on any atom is 0.230 e. The van der Waals surface area contributed by atoms with Gasteiger partial charge in [0.15, 0.2) is 0 Å². The van der Waals surface area contributed by atoms with Crippen molar-refractivity contribution in [1.29, 1.82) is 0 Å². The minimum Gasteiger partial charge on any atom is -0.342 e. The van der Waals surface area contributed by atoms with Crippen LogP contribution in [-0.4, -0.2) is 29.7 Å². The molecule has 1 aliphatic carbocycles. The quantitative estimate of drug-likeness (QED) is 0.621. The number of ketones is 1. The van der Waals surface area contributed by atoms with Crippen LogP contribution in [0.2, 0.25) is 0 Å². The first-order chi connectivity index (χ1) is 6.65. The lowest BCUT2D eigenvalue weighted by Crippen LogP contribution is -2.44. The summed E-state index contributed by atoms with van der Waals surface area (Å²) in [6.07, 6.45) is 3.20. The van der Waals surface area contributed by atoms with E-state index in [4.69, 9.17) is 0 Å². The van der Waals surface area contributed by atoms with Crippen molar-refractivity contribution in [2.75, 3.05) is 13.1 Å². The van der Waals surface area contributed by atoms with Crippen molar-refractivity contribution in [1.82, 2.24) is 4.90 Å². The topological polar surface area (TPSA) is 37.4 Å². The molecule has 0 radical (unpaired) electrons. The van der Waals surface area contributed by atoms with E-state index < -0.39 is 0 Å². The van der Waals surface area contributed by atoms with E-state index in [-0.39, 0.29) is 18.1 Å². The van der Waals surface area contributed by atoms with Gasteiger partial charge in [-0.15, -0.1) is 0 Å². The van der Waals surface area contributed by atoms with E-state index in [0.29, 0.717) is 18.9 Å². The summed E-state index contributed by atoms with van der Waals surface area (Å²) in [4.78, 5) is 24.3. The molecule has 3 heteroatoms. The first-order valence-electron chi connectivity index (χ1n) is 5.44. The van der Waals surface area contributed by atoms with Crippen LogP contribution in [-0.2, 0) is 9.59 Å². The molecule has 0 atom stereocenters. The number of carbonyl (C=O) groups is 2. The van der Waals surface area contributed by atoms with E-state index in [1.165, 1.54) is 12.8 Å². The SMILES string of the molecule is CC1CC(CN2CCC(=O)CC2=O)C1. The molecule has 1 saturated carbocycles. The Labute approximate surface area is 84.5 Å². The Bertz CT molecular complexity index is 256. The zero-order chi connectivity index (χ0) is 10.1. The van der Waals surface area contributed by atoms with Crippen molar-refractivity contribution < 1.29 is 9.59 Å². The molecule has 78 valence electrons. The molecule has 0 unspecified atom stereocenters. The number of rotatable bonds is 2. The van der Waals surface area contributed by atoms with Gasteiger partial charge in [0.05, 0.1) is 6.42 Å². The van der Waals surface area contributed by atoms with Crippen LogP contribution < -0.4 is 0 Å². The number of piperidine rings is 1. The predicted octanol–water partition coefficient (Wildman–Crippen LogP) is 1.22. The van der Waals surface area contributed by atoms with Crippen LogP contribution in [0.1, 0.15) is 32.6 Å². The summed E-state index contributed by atoms with van der Waals surface area (Å²) in [7, 11) is 0. The number of Topliss-reactive ketones (excluding diaryl/α,β-unsaturated/α-hetero) is 1. The van der Waals surface area contributed by atoms with Crippen LogP contribution in [0, 0.1) is 11.8 Å². The van der Waals surface area contributed by atoms with Crippen molar-refractivity contribution in [2.24, 2.45) is 11.8 Å². The summed E-state index contributed by atoms with van der Waals surface area (Å²) in [5, 5.41) is 0. The van der Waals surface area contributed by atoms with Gasteiger partial charge in [0.2, 0.25) is 5.91 Å². The molecule has 2 rings (SSSR count). The maximum absolute atomic E-state index is 11.5. The second-order valence-corrected chi connectivity index (χ2v) is 4.75. The minimum atomic E-state index is 0.0424. The smallest absolute Gasteiger partial charge is 0.230 e. The van der Waals surface area contributed by atoms with Crippen LogP contribution in [0.25, 0.3) is 0 Å². The number of likely N-dealkylation sites (tertiary alicyclic amines) is 1. The molecule has 0 N–H and O–H groups in total. The summed E-state index contributed by atoms with van der Waals surface area (Å²) >= 11 is 0. The zero-order valence-electron chi connectivity index (χ0n) is 8.66. The molecule has 2 fully saturated rings. The molecule has 14 heavy (non-hydrogen) atoms.